The van der Waals surface area contributed by atoms with Crippen molar-refractivity contribution in [3.05, 3.63) is 53.2 Å². The SMILES string of the molecule is Cc1ncc(C=CC(=O)CCCCc2ccc3c(n2)NCCCC3)cn1. The highest BCUT2D eigenvalue weighted by Gasteiger charge is 2.09. The summed E-state index contributed by atoms with van der Waals surface area (Å²) in [6, 6.07) is 4.33. The van der Waals surface area contributed by atoms with Crippen LogP contribution >= 0.6 is 0 Å². The molecule has 0 atom stereocenters. The molecule has 5 nitrogen and oxygen atoms in total. The number of fused-ring (bicyclic) bond motifs is 1. The molecule has 1 aliphatic heterocycles. The number of carbonyl (C=O) groups is 1. The maximum Gasteiger partial charge on any atom is 0.155 e. The smallest absolute Gasteiger partial charge is 0.155 e. The number of nitrogens with one attached hydrogen (secondary N) is 1. The molecule has 0 amide bonds. The van der Waals surface area contributed by atoms with Crippen LogP contribution in [0.25, 0.3) is 6.08 Å². The Balaban J connectivity index is 1.41. The van der Waals surface area contributed by atoms with Crippen LogP contribution in [0.4, 0.5) is 5.82 Å². The van der Waals surface area contributed by atoms with Crippen LogP contribution in [0.15, 0.2) is 30.6 Å². The van der Waals surface area contributed by atoms with Crippen molar-refractivity contribution in [1.82, 2.24) is 15.0 Å². The maximum atomic E-state index is 12.0. The minimum Gasteiger partial charge on any atom is -0.370 e. The van der Waals surface area contributed by atoms with Gasteiger partial charge in [0.2, 0.25) is 0 Å². The molecule has 2 aromatic heterocycles. The van der Waals surface area contributed by atoms with Gasteiger partial charge in [-0.15, -0.1) is 0 Å². The maximum absolute atomic E-state index is 12.0. The minimum atomic E-state index is 0.141. The third-order valence-electron chi connectivity index (χ3n) is 4.57. The summed E-state index contributed by atoms with van der Waals surface area (Å²) in [4.78, 5) is 25.0. The van der Waals surface area contributed by atoms with E-state index in [4.69, 9.17) is 4.98 Å². The number of hydrogen-bond acceptors (Lipinski definition) is 5. The van der Waals surface area contributed by atoms with Crippen LogP contribution in [-0.4, -0.2) is 27.3 Å². The van der Waals surface area contributed by atoms with E-state index in [1.807, 2.05) is 6.92 Å². The van der Waals surface area contributed by atoms with Gasteiger partial charge in [0.15, 0.2) is 5.78 Å². The summed E-state index contributed by atoms with van der Waals surface area (Å²) in [5.74, 6) is 1.93. The summed E-state index contributed by atoms with van der Waals surface area (Å²) < 4.78 is 0. The molecule has 1 N–H and O–H groups in total. The van der Waals surface area contributed by atoms with Crippen LogP contribution in [0.1, 0.15) is 54.7 Å². The van der Waals surface area contributed by atoms with Gasteiger partial charge in [-0.25, -0.2) is 15.0 Å². The van der Waals surface area contributed by atoms with Gasteiger partial charge in [-0.05, 0) is 69.2 Å². The number of hydrogen-bond donors (Lipinski definition) is 1. The van der Waals surface area contributed by atoms with Gasteiger partial charge in [-0.1, -0.05) is 6.07 Å². The van der Waals surface area contributed by atoms with Crippen LogP contribution in [0.5, 0.6) is 0 Å². The van der Waals surface area contributed by atoms with E-state index < -0.39 is 0 Å². The van der Waals surface area contributed by atoms with E-state index >= 15 is 0 Å². The predicted molar refractivity (Wildman–Crippen MR) is 104 cm³/mol. The number of allylic oxidation sites excluding steroid dienone is 1. The predicted octanol–water partition coefficient (Wildman–Crippen LogP) is 3.92. The highest BCUT2D eigenvalue weighted by atomic mass is 16.1. The average molecular weight is 350 g/mol. The monoisotopic (exact) mass is 350 g/mol. The van der Waals surface area contributed by atoms with E-state index in [-0.39, 0.29) is 5.78 Å². The van der Waals surface area contributed by atoms with Crippen molar-refractivity contribution in [2.45, 2.75) is 51.9 Å². The number of aryl methyl sites for hydroxylation is 3. The van der Waals surface area contributed by atoms with E-state index in [0.717, 1.165) is 55.1 Å². The first-order valence-corrected chi connectivity index (χ1v) is 9.43. The molecule has 0 bridgehead atoms. The molecule has 0 saturated carbocycles. The lowest BCUT2D eigenvalue weighted by atomic mass is 10.1. The third kappa shape index (κ3) is 5.48. The van der Waals surface area contributed by atoms with E-state index in [1.54, 1.807) is 24.5 Å². The number of pyridine rings is 1. The van der Waals surface area contributed by atoms with Crippen LogP contribution in [0.2, 0.25) is 0 Å². The Hall–Kier alpha value is -2.56. The number of nitrogens with zero attached hydrogens (tertiary/aromatic N) is 3. The molecule has 26 heavy (non-hydrogen) atoms. The Bertz CT molecular complexity index is 768. The Morgan fingerprint density at radius 2 is 2.04 bits per heavy atom. The summed E-state index contributed by atoms with van der Waals surface area (Å²) in [5.41, 5.74) is 3.29. The Morgan fingerprint density at radius 3 is 2.88 bits per heavy atom. The van der Waals surface area contributed by atoms with Gasteiger partial charge < -0.3 is 5.32 Å². The Kier molecular flexibility index (Phi) is 6.47. The largest absolute Gasteiger partial charge is 0.370 e. The quantitative estimate of drug-likeness (QED) is 0.605. The molecular weight excluding hydrogens is 324 g/mol. The number of rotatable bonds is 7. The molecule has 0 unspecified atom stereocenters. The second kappa shape index (κ2) is 9.22. The first kappa shape index (κ1) is 18.2. The van der Waals surface area contributed by atoms with Gasteiger partial charge in [-0.2, -0.15) is 0 Å². The number of anilines is 1. The van der Waals surface area contributed by atoms with Gasteiger partial charge in [0.25, 0.3) is 0 Å². The van der Waals surface area contributed by atoms with E-state index in [0.29, 0.717) is 6.42 Å². The molecule has 136 valence electrons. The average Bonchev–Trinajstić information content (AvgIpc) is 2.90. The summed E-state index contributed by atoms with van der Waals surface area (Å²) in [6.45, 7) is 2.85. The molecule has 1 aliphatic rings. The second-order valence-electron chi connectivity index (χ2n) is 6.76. The minimum absolute atomic E-state index is 0.141. The highest BCUT2D eigenvalue weighted by molar-refractivity contribution is 5.93. The summed E-state index contributed by atoms with van der Waals surface area (Å²) >= 11 is 0. The van der Waals surface area contributed by atoms with Crippen molar-refractivity contribution >= 4 is 17.7 Å². The fraction of sp³-hybridized carbons (Fsp3) is 0.429. The zero-order chi connectivity index (χ0) is 18.2. The lowest BCUT2D eigenvalue weighted by molar-refractivity contribution is -0.114. The van der Waals surface area contributed by atoms with Gasteiger partial charge in [0.1, 0.15) is 11.6 Å². The first-order valence-electron chi connectivity index (χ1n) is 9.43. The van der Waals surface area contributed by atoms with Crippen molar-refractivity contribution in [1.29, 1.82) is 0 Å². The molecule has 0 aliphatic carbocycles. The lowest BCUT2D eigenvalue weighted by Crippen LogP contribution is -2.04. The van der Waals surface area contributed by atoms with Crippen LogP contribution < -0.4 is 5.32 Å². The molecule has 3 rings (SSSR count). The highest BCUT2D eigenvalue weighted by Crippen LogP contribution is 2.20. The van der Waals surface area contributed by atoms with Gasteiger partial charge >= 0.3 is 0 Å². The van der Waals surface area contributed by atoms with Crippen LogP contribution in [-0.2, 0) is 17.6 Å². The standard InChI is InChI=1S/C21H26N4O/c1-16-23-14-17(15-24-16)9-12-20(26)8-3-2-7-19-11-10-18-6-4-5-13-22-21(18)25-19/h9-12,14-15H,2-8,13H2,1H3,(H,22,25). The Morgan fingerprint density at radius 1 is 1.19 bits per heavy atom. The lowest BCUT2D eigenvalue weighted by Gasteiger charge is -2.08. The summed E-state index contributed by atoms with van der Waals surface area (Å²) in [7, 11) is 0. The second-order valence-corrected chi connectivity index (χ2v) is 6.76. The van der Waals surface area contributed by atoms with Crippen molar-refractivity contribution in [3.63, 3.8) is 0 Å². The summed E-state index contributed by atoms with van der Waals surface area (Å²) in [5, 5.41) is 3.43. The van der Waals surface area contributed by atoms with Crippen molar-refractivity contribution in [2.75, 3.05) is 11.9 Å². The fourth-order valence-electron chi connectivity index (χ4n) is 3.04. The fourth-order valence-corrected chi connectivity index (χ4v) is 3.04. The van der Waals surface area contributed by atoms with Gasteiger partial charge in [0.05, 0.1) is 0 Å². The molecule has 0 spiro atoms. The van der Waals surface area contributed by atoms with E-state index in [2.05, 4.69) is 27.4 Å². The van der Waals surface area contributed by atoms with Crippen molar-refractivity contribution < 1.29 is 4.79 Å². The zero-order valence-corrected chi connectivity index (χ0v) is 15.4. The number of aromatic nitrogens is 3. The number of ketones is 1. The van der Waals surface area contributed by atoms with Crippen molar-refractivity contribution in [2.24, 2.45) is 0 Å². The van der Waals surface area contributed by atoms with Crippen molar-refractivity contribution in [3.8, 4) is 0 Å². The Labute approximate surface area is 155 Å². The number of unbranched alkanes of at least 4 members (excludes halogenated alkanes) is 1. The molecule has 0 saturated heterocycles. The topological polar surface area (TPSA) is 67.8 Å². The molecule has 0 fully saturated rings. The number of carbonyl (C=O) groups excluding carboxylic acids is 1. The molecular formula is C21H26N4O. The third-order valence-corrected chi connectivity index (χ3v) is 4.57. The summed E-state index contributed by atoms with van der Waals surface area (Å²) in [6.07, 6.45) is 13.7. The molecule has 0 aromatic carbocycles. The van der Waals surface area contributed by atoms with Crippen LogP contribution in [0.3, 0.4) is 0 Å². The molecule has 5 heteroatoms. The van der Waals surface area contributed by atoms with Gasteiger partial charge in [-0.3, -0.25) is 4.79 Å². The zero-order valence-electron chi connectivity index (χ0n) is 15.4. The van der Waals surface area contributed by atoms with E-state index in [1.165, 1.54) is 18.4 Å². The van der Waals surface area contributed by atoms with E-state index in [9.17, 15) is 4.79 Å². The van der Waals surface area contributed by atoms with Crippen LogP contribution in [0, 0.1) is 6.92 Å². The van der Waals surface area contributed by atoms with Gasteiger partial charge in [0, 0.05) is 36.6 Å². The molecule has 3 heterocycles. The first-order chi connectivity index (χ1) is 12.7. The molecule has 2 aromatic rings. The molecule has 0 radical (unpaired) electrons. The normalized spacial score (nSPS) is 13.9.